The van der Waals surface area contributed by atoms with Gasteiger partial charge in [-0.2, -0.15) is 5.10 Å². The predicted octanol–water partition coefficient (Wildman–Crippen LogP) is 2.43. The van der Waals surface area contributed by atoms with Crippen LogP contribution in [0, 0.1) is 5.92 Å². The largest absolute Gasteiger partial charge is 0.384 e. The quantitative estimate of drug-likeness (QED) is 0.822. The highest BCUT2D eigenvalue weighted by atomic mass is 16.5. The lowest BCUT2D eigenvalue weighted by Gasteiger charge is -2.31. The molecule has 0 radical (unpaired) electrons. The highest BCUT2D eigenvalue weighted by molar-refractivity contribution is 5.26. The van der Waals surface area contributed by atoms with E-state index in [0.29, 0.717) is 5.92 Å². The molecule has 3 heterocycles. The molecule has 0 spiro atoms. The van der Waals surface area contributed by atoms with Crippen LogP contribution in [0.2, 0.25) is 0 Å². The molecule has 1 atom stereocenters. The SMILES string of the molecule is COC[C@H]1CN(Cc2cccnc2)Cc2nn(CC3CC3)cc21. The van der Waals surface area contributed by atoms with Crippen LogP contribution in [0.1, 0.15) is 35.6 Å². The highest BCUT2D eigenvalue weighted by Crippen LogP contribution is 2.33. The molecule has 0 bridgehead atoms. The smallest absolute Gasteiger partial charge is 0.0801 e. The Kier molecular flexibility index (Phi) is 4.14. The van der Waals surface area contributed by atoms with E-state index in [-0.39, 0.29) is 0 Å². The van der Waals surface area contributed by atoms with Gasteiger partial charge in [-0.1, -0.05) is 6.07 Å². The number of fused-ring (bicyclic) bond motifs is 1. The molecular formula is C18H24N4O. The molecule has 0 N–H and O–H groups in total. The second-order valence-corrected chi connectivity index (χ2v) is 6.88. The summed E-state index contributed by atoms with van der Waals surface area (Å²) in [5.41, 5.74) is 3.86. The first-order valence-corrected chi connectivity index (χ1v) is 8.48. The van der Waals surface area contributed by atoms with Gasteiger partial charge in [-0.25, -0.2) is 0 Å². The Morgan fingerprint density at radius 2 is 2.26 bits per heavy atom. The van der Waals surface area contributed by atoms with Crippen LogP contribution < -0.4 is 0 Å². The number of ether oxygens (including phenoxy) is 1. The first-order valence-electron chi connectivity index (χ1n) is 8.48. The third-order valence-electron chi connectivity index (χ3n) is 4.80. The lowest BCUT2D eigenvalue weighted by molar-refractivity contribution is 0.135. The van der Waals surface area contributed by atoms with Crippen molar-refractivity contribution in [3.05, 3.63) is 47.5 Å². The molecule has 1 saturated carbocycles. The number of rotatable bonds is 6. The van der Waals surface area contributed by atoms with Crippen molar-refractivity contribution in [3.63, 3.8) is 0 Å². The molecular weight excluding hydrogens is 288 g/mol. The molecule has 2 aromatic heterocycles. The Bertz CT molecular complexity index is 650. The van der Waals surface area contributed by atoms with E-state index in [1.807, 2.05) is 18.5 Å². The average Bonchev–Trinajstić information content (AvgIpc) is 3.26. The van der Waals surface area contributed by atoms with Crippen molar-refractivity contribution < 1.29 is 4.74 Å². The second-order valence-electron chi connectivity index (χ2n) is 6.88. The van der Waals surface area contributed by atoms with E-state index in [9.17, 15) is 0 Å². The summed E-state index contributed by atoms with van der Waals surface area (Å²) in [5.74, 6) is 1.26. The van der Waals surface area contributed by atoms with Gasteiger partial charge in [0.1, 0.15) is 0 Å². The van der Waals surface area contributed by atoms with Crippen LogP contribution in [0.15, 0.2) is 30.7 Å². The molecule has 1 aliphatic carbocycles. The van der Waals surface area contributed by atoms with Crippen LogP contribution in [0.25, 0.3) is 0 Å². The zero-order valence-corrected chi connectivity index (χ0v) is 13.7. The molecule has 0 aromatic carbocycles. The molecule has 122 valence electrons. The Labute approximate surface area is 137 Å². The van der Waals surface area contributed by atoms with E-state index in [1.165, 1.54) is 29.7 Å². The summed E-state index contributed by atoms with van der Waals surface area (Å²) in [4.78, 5) is 6.68. The molecule has 2 aliphatic rings. The lowest BCUT2D eigenvalue weighted by atomic mass is 9.95. The minimum Gasteiger partial charge on any atom is -0.384 e. The normalized spacial score (nSPS) is 21.3. The summed E-state index contributed by atoms with van der Waals surface area (Å²) in [6.07, 6.45) is 8.76. The molecule has 5 heteroatoms. The second kappa shape index (κ2) is 6.42. The van der Waals surface area contributed by atoms with Crippen molar-refractivity contribution in [2.45, 2.75) is 38.4 Å². The first-order chi connectivity index (χ1) is 11.3. The third-order valence-corrected chi connectivity index (χ3v) is 4.80. The number of hydrogen-bond acceptors (Lipinski definition) is 4. The van der Waals surface area contributed by atoms with E-state index in [1.54, 1.807) is 7.11 Å². The van der Waals surface area contributed by atoms with Gasteiger partial charge in [-0.05, 0) is 30.4 Å². The van der Waals surface area contributed by atoms with Crippen LogP contribution in [0.4, 0.5) is 0 Å². The topological polar surface area (TPSA) is 43.2 Å². The summed E-state index contributed by atoms with van der Waals surface area (Å²) in [6, 6.07) is 4.14. The van der Waals surface area contributed by atoms with Gasteiger partial charge in [-0.15, -0.1) is 0 Å². The summed E-state index contributed by atoms with van der Waals surface area (Å²) >= 11 is 0. The fourth-order valence-electron chi connectivity index (χ4n) is 3.50. The fraction of sp³-hybridized carbons (Fsp3) is 0.556. The summed E-state index contributed by atoms with van der Waals surface area (Å²) in [6.45, 7) is 4.69. The molecule has 1 fully saturated rings. The maximum Gasteiger partial charge on any atom is 0.0801 e. The minimum absolute atomic E-state index is 0.411. The summed E-state index contributed by atoms with van der Waals surface area (Å²) in [5, 5.41) is 4.86. The number of aromatic nitrogens is 3. The van der Waals surface area contributed by atoms with Crippen molar-refractivity contribution in [2.75, 3.05) is 20.3 Å². The number of hydrogen-bond donors (Lipinski definition) is 0. The van der Waals surface area contributed by atoms with Gasteiger partial charge >= 0.3 is 0 Å². The van der Waals surface area contributed by atoms with Gasteiger partial charge in [0.2, 0.25) is 0 Å². The van der Waals surface area contributed by atoms with Crippen LogP contribution in [0.5, 0.6) is 0 Å². The monoisotopic (exact) mass is 312 g/mol. The standard InChI is InChI=1S/C18H24N4O/c1-23-13-16-10-21(8-15-3-2-6-19-7-15)12-18-17(16)11-22(20-18)9-14-4-5-14/h2-3,6-7,11,14,16H,4-5,8-10,12-13H2,1H3/t16-/m1/s1. The van der Waals surface area contributed by atoms with Crippen LogP contribution in [-0.4, -0.2) is 39.9 Å². The molecule has 1 aliphatic heterocycles. The predicted molar refractivity (Wildman–Crippen MR) is 87.9 cm³/mol. The molecule has 23 heavy (non-hydrogen) atoms. The zero-order valence-electron chi connectivity index (χ0n) is 13.7. The Balaban J connectivity index is 1.52. The van der Waals surface area contributed by atoms with Gasteiger partial charge in [0.15, 0.2) is 0 Å². The third kappa shape index (κ3) is 3.46. The number of nitrogens with zero attached hydrogens (tertiary/aromatic N) is 4. The number of methoxy groups -OCH3 is 1. The van der Waals surface area contributed by atoms with Crippen molar-refractivity contribution in [1.82, 2.24) is 19.7 Å². The number of pyridine rings is 1. The van der Waals surface area contributed by atoms with E-state index < -0.39 is 0 Å². The fourth-order valence-corrected chi connectivity index (χ4v) is 3.50. The highest BCUT2D eigenvalue weighted by Gasteiger charge is 2.29. The van der Waals surface area contributed by atoms with Crippen molar-refractivity contribution in [2.24, 2.45) is 5.92 Å². The van der Waals surface area contributed by atoms with Gasteiger partial charge in [0.05, 0.1) is 12.3 Å². The maximum absolute atomic E-state index is 5.46. The van der Waals surface area contributed by atoms with Gasteiger partial charge in [0.25, 0.3) is 0 Å². The van der Waals surface area contributed by atoms with Crippen molar-refractivity contribution in [1.29, 1.82) is 0 Å². The summed E-state index contributed by atoms with van der Waals surface area (Å²) in [7, 11) is 1.79. The van der Waals surface area contributed by atoms with E-state index in [2.05, 4.69) is 26.8 Å². The van der Waals surface area contributed by atoms with E-state index in [0.717, 1.165) is 38.7 Å². The van der Waals surface area contributed by atoms with Crippen LogP contribution in [0.3, 0.4) is 0 Å². The Morgan fingerprint density at radius 1 is 1.35 bits per heavy atom. The van der Waals surface area contributed by atoms with Gasteiger partial charge in [0, 0.05) is 63.4 Å². The van der Waals surface area contributed by atoms with E-state index >= 15 is 0 Å². The molecule has 5 nitrogen and oxygen atoms in total. The molecule has 0 saturated heterocycles. The summed E-state index contributed by atoms with van der Waals surface area (Å²) < 4.78 is 7.63. The zero-order chi connectivity index (χ0) is 15.6. The molecule has 0 unspecified atom stereocenters. The minimum atomic E-state index is 0.411. The van der Waals surface area contributed by atoms with Crippen LogP contribution >= 0.6 is 0 Å². The van der Waals surface area contributed by atoms with E-state index in [4.69, 9.17) is 9.84 Å². The lowest BCUT2D eigenvalue weighted by Crippen LogP contribution is -2.34. The average molecular weight is 312 g/mol. The Morgan fingerprint density at radius 3 is 3.00 bits per heavy atom. The maximum atomic E-state index is 5.46. The van der Waals surface area contributed by atoms with Crippen LogP contribution in [-0.2, 0) is 24.4 Å². The molecule has 2 aromatic rings. The molecule has 0 amide bonds. The van der Waals surface area contributed by atoms with Gasteiger partial charge in [-0.3, -0.25) is 14.6 Å². The van der Waals surface area contributed by atoms with Crippen molar-refractivity contribution in [3.8, 4) is 0 Å². The first kappa shape index (κ1) is 14.8. The van der Waals surface area contributed by atoms with Gasteiger partial charge < -0.3 is 4.74 Å². The Hall–Kier alpha value is -1.72. The molecule has 4 rings (SSSR count). The van der Waals surface area contributed by atoms with Crippen molar-refractivity contribution >= 4 is 0 Å².